The topological polar surface area (TPSA) is 41.5 Å². The number of ether oxygens (including phenoxy) is 1. The molecule has 1 aromatic rings. The first-order valence-corrected chi connectivity index (χ1v) is 7.79. The summed E-state index contributed by atoms with van der Waals surface area (Å²) in [5.41, 5.74) is 1.28. The minimum atomic E-state index is 0.291. The Morgan fingerprint density at radius 3 is 2.60 bits per heavy atom. The van der Waals surface area contributed by atoms with Crippen LogP contribution < -0.4 is 10.1 Å². The summed E-state index contributed by atoms with van der Waals surface area (Å²) in [6.07, 6.45) is 4.46. The van der Waals surface area contributed by atoms with Crippen LogP contribution in [-0.4, -0.2) is 24.9 Å². The molecule has 114 valence electrons. The molecule has 3 heteroatoms. The van der Waals surface area contributed by atoms with Crippen LogP contribution in [0.2, 0.25) is 0 Å². The van der Waals surface area contributed by atoms with Crippen LogP contribution in [0.1, 0.15) is 45.1 Å². The smallest absolute Gasteiger partial charge is 0.119 e. The van der Waals surface area contributed by atoms with Crippen molar-refractivity contribution in [3.8, 4) is 5.75 Å². The van der Waals surface area contributed by atoms with E-state index in [1.54, 1.807) is 0 Å². The zero-order valence-corrected chi connectivity index (χ0v) is 12.9. The molecule has 1 unspecified atom stereocenters. The van der Waals surface area contributed by atoms with E-state index < -0.39 is 0 Å². The highest BCUT2D eigenvalue weighted by Gasteiger charge is 1.99. The van der Waals surface area contributed by atoms with Gasteiger partial charge in [0, 0.05) is 13.2 Å². The van der Waals surface area contributed by atoms with E-state index in [1.165, 1.54) is 5.56 Å². The molecule has 0 aliphatic carbocycles. The number of unbranched alkanes of at least 4 members (excludes halogenated alkanes) is 1. The van der Waals surface area contributed by atoms with E-state index in [0.717, 1.165) is 51.1 Å². The normalized spacial score (nSPS) is 12.3. The van der Waals surface area contributed by atoms with Crippen molar-refractivity contribution in [1.29, 1.82) is 0 Å². The van der Waals surface area contributed by atoms with Crippen LogP contribution in [0.25, 0.3) is 0 Å². The Morgan fingerprint density at radius 1 is 1.20 bits per heavy atom. The second-order valence-corrected chi connectivity index (χ2v) is 5.45. The largest absolute Gasteiger partial charge is 0.494 e. The molecule has 0 heterocycles. The molecule has 20 heavy (non-hydrogen) atoms. The SMILES string of the molecule is CCCCOc1ccc(CNCCCC(C)CO)cc1. The predicted molar refractivity (Wildman–Crippen MR) is 84.0 cm³/mol. The van der Waals surface area contributed by atoms with Crippen LogP contribution >= 0.6 is 0 Å². The fourth-order valence-electron chi connectivity index (χ4n) is 1.94. The Kier molecular flexibility index (Phi) is 9.09. The lowest BCUT2D eigenvalue weighted by atomic mass is 10.1. The van der Waals surface area contributed by atoms with Gasteiger partial charge < -0.3 is 15.2 Å². The van der Waals surface area contributed by atoms with E-state index in [1.807, 2.05) is 12.1 Å². The lowest BCUT2D eigenvalue weighted by molar-refractivity contribution is 0.228. The van der Waals surface area contributed by atoms with Crippen molar-refractivity contribution in [3.63, 3.8) is 0 Å². The summed E-state index contributed by atoms with van der Waals surface area (Å²) in [7, 11) is 0. The standard InChI is InChI=1S/C17H29NO2/c1-3-4-12-20-17-9-7-16(8-10-17)13-18-11-5-6-15(2)14-19/h7-10,15,18-19H,3-6,11-14H2,1-2H3. The molecule has 0 radical (unpaired) electrons. The van der Waals surface area contributed by atoms with E-state index in [2.05, 4.69) is 31.3 Å². The Morgan fingerprint density at radius 2 is 1.95 bits per heavy atom. The lowest BCUT2D eigenvalue weighted by Gasteiger charge is -2.09. The Bertz CT molecular complexity index is 337. The Labute approximate surface area is 123 Å². The van der Waals surface area contributed by atoms with Crippen molar-refractivity contribution in [2.24, 2.45) is 5.92 Å². The van der Waals surface area contributed by atoms with Crippen molar-refractivity contribution in [1.82, 2.24) is 5.32 Å². The molecule has 0 amide bonds. The van der Waals surface area contributed by atoms with Gasteiger partial charge in [-0.1, -0.05) is 32.4 Å². The molecule has 0 aliphatic heterocycles. The first kappa shape index (κ1) is 17.0. The molecular formula is C17H29NO2. The van der Waals surface area contributed by atoms with Gasteiger partial charge in [-0.05, 0) is 49.4 Å². The average molecular weight is 279 g/mol. The summed E-state index contributed by atoms with van der Waals surface area (Å²) in [5, 5.41) is 12.4. The van der Waals surface area contributed by atoms with E-state index in [0.29, 0.717) is 12.5 Å². The molecule has 1 atom stereocenters. The molecule has 3 nitrogen and oxygen atoms in total. The summed E-state index contributed by atoms with van der Waals surface area (Å²) in [4.78, 5) is 0. The number of hydrogen-bond acceptors (Lipinski definition) is 3. The van der Waals surface area contributed by atoms with Crippen LogP contribution in [0.5, 0.6) is 5.75 Å². The average Bonchev–Trinajstić information content (AvgIpc) is 2.48. The van der Waals surface area contributed by atoms with E-state index in [4.69, 9.17) is 9.84 Å². The number of nitrogens with one attached hydrogen (secondary N) is 1. The van der Waals surface area contributed by atoms with Gasteiger partial charge in [-0.15, -0.1) is 0 Å². The molecule has 1 aromatic carbocycles. The molecule has 0 aliphatic rings. The first-order valence-electron chi connectivity index (χ1n) is 7.79. The van der Waals surface area contributed by atoms with Crippen molar-refractivity contribution in [3.05, 3.63) is 29.8 Å². The lowest BCUT2D eigenvalue weighted by Crippen LogP contribution is -2.16. The number of aliphatic hydroxyl groups excluding tert-OH is 1. The third kappa shape index (κ3) is 7.51. The number of benzene rings is 1. The van der Waals surface area contributed by atoms with Gasteiger partial charge in [-0.2, -0.15) is 0 Å². The first-order chi connectivity index (χ1) is 9.76. The quantitative estimate of drug-likeness (QED) is 0.610. The van der Waals surface area contributed by atoms with E-state index in [9.17, 15) is 0 Å². The molecule has 0 aromatic heterocycles. The molecule has 0 saturated carbocycles. The van der Waals surface area contributed by atoms with Gasteiger partial charge in [0.05, 0.1) is 6.61 Å². The zero-order chi connectivity index (χ0) is 14.6. The van der Waals surface area contributed by atoms with Crippen LogP contribution in [0, 0.1) is 5.92 Å². The van der Waals surface area contributed by atoms with Gasteiger partial charge >= 0.3 is 0 Å². The summed E-state index contributed by atoms with van der Waals surface area (Å²) >= 11 is 0. The predicted octanol–water partition coefficient (Wildman–Crippen LogP) is 3.36. The maximum atomic E-state index is 8.94. The highest BCUT2D eigenvalue weighted by Crippen LogP contribution is 2.12. The second-order valence-electron chi connectivity index (χ2n) is 5.45. The van der Waals surface area contributed by atoms with Crippen molar-refractivity contribution in [2.75, 3.05) is 19.8 Å². The number of rotatable bonds is 11. The van der Waals surface area contributed by atoms with Crippen molar-refractivity contribution < 1.29 is 9.84 Å². The Balaban J connectivity index is 2.14. The molecule has 0 spiro atoms. The maximum Gasteiger partial charge on any atom is 0.119 e. The molecule has 0 fully saturated rings. The van der Waals surface area contributed by atoms with Gasteiger partial charge in [-0.25, -0.2) is 0 Å². The highest BCUT2D eigenvalue weighted by molar-refractivity contribution is 5.27. The minimum absolute atomic E-state index is 0.291. The van der Waals surface area contributed by atoms with Crippen molar-refractivity contribution in [2.45, 2.75) is 46.1 Å². The van der Waals surface area contributed by atoms with Crippen LogP contribution in [0.3, 0.4) is 0 Å². The molecule has 0 bridgehead atoms. The summed E-state index contributed by atoms with van der Waals surface area (Å²) in [5.74, 6) is 1.37. The fourth-order valence-corrected chi connectivity index (χ4v) is 1.94. The van der Waals surface area contributed by atoms with Gasteiger partial charge in [-0.3, -0.25) is 0 Å². The third-order valence-corrected chi connectivity index (χ3v) is 3.38. The molecule has 1 rings (SSSR count). The Hall–Kier alpha value is -1.06. The monoisotopic (exact) mass is 279 g/mol. The molecule has 0 saturated heterocycles. The van der Waals surface area contributed by atoms with E-state index >= 15 is 0 Å². The summed E-state index contributed by atoms with van der Waals surface area (Å²) in [6, 6.07) is 8.32. The van der Waals surface area contributed by atoms with Gasteiger partial charge in [0.15, 0.2) is 0 Å². The maximum absolute atomic E-state index is 8.94. The highest BCUT2D eigenvalue weighted by atomic mass is 16.5. The van der Waals surface area contributed by atoms with Gasteiger partial charge in [0.25, 0.3) is 0 Å². The van der Waals surface area contributed by atoms with E-state index in [-0.39, 0.29) is 0 Å². The number of hydrogen-bond donors (Lipinski definition) is 2. The molecule has 2 N–H and O–H groups in total. The second kappa shape index (κ2) is 10.7. The minimum Gasteiger partial charge on any atom is -0.494 e. The van der Waals surface area contributed by atoms with Crippen LogP contribution in [-0.2, 0) is 6.54 Å². The van der Waals surface area contributed by atoms with Crippen molar-refractivity contribution >= 4 is 0 Å². The third-order valence-electron chi connectivity index (χ3n) is 3.38. The summed E-state index contributed by atoms with van der Waals surface area (Å²) < 4.78 is 5.64. The summed E-state index contributed by atoms with van der Waals surface area (Å²) in [6.45, 7) is 7.23. The molecular weight excluding hydrogens is 250 g/mol. The zero-order valence-electron chi connectivity index (χ0n) is 12.9. The number of aliphatic hydroxyl groups is 1. The van der Waals surface area contributed by atoms with Crippen LogP contribution in [0.15, 0.2) is 24.3 Å². The van der Waals surface area contributed by atoms with Gasteiger partial charge in [0.2, 0.25) is 0 Å². The van der Waals surface area contributed by atoms with Crippen LogP contribution in [0.4, 0.5) is 0 Å². The fraction of sp³-hybridized carbons (Fsp3) is 0.647. The van der Waals surface area contributed by atoms with Gasteiger partial charge in [0.1, 0.15) is 5.75 Å².